The van der Waals surface area contributed by atoms with Gasteiger partial charge in [-0.25, -0.2) is 4.79 Å². The summed E-state index contributed by atoms with van der Waals surface area (Å²) >= 11 is 1.21. The van der Waals surface area contributed by atoms with E-state index >= 15 is 0 Å². The zero-order valence-corrected chi connectivity index (χ0v) is 11.9. The Bertz CT molecular complexity index is 528. The molecule has 3 N–H and O–H groups in total. The molecule has 1 heterocycles. The molecule has 2 amide bonds. The van der Waals surface area contributed by atoms with Crippen molar-refractivity contribution >= 4 is 35.1 Å². The fraction of sp³-hybridized carbons (Fsp3) is 0.333. The van der Waals surface area contributed by atoms with Gasteiger partial charge in [-0.1, -0.05) is 6.07 Å². The number of carbonyl (C=O) groups excluding carboxylic acids is 3. The Labute approximate surface area is 124 Å². The molecule has 1 rings (SSSR count). The van der Waals surface area contributed by atoms with Gasteiger partial charge in [-0.3, -0.25) is 14.4 Å². The van der Waals surface area contributed by atoms with E-state index in [0.717, 1.165) is 7.11 Å². The lowest BCUT2D eigenvalue weighted by Gasteiger charge is -2.13. The van der Waals surface area contributed by atoms with Gasteiger partial charge in [-0.2, -0.15) is 0 Å². The predicted molar refractivity (Wildman–Crippen MR) is 72.9 cm³/mol. The number of esters is 1. The van der Waals surface area contributed by atoms with Gasteiger partial charge in [0.15, 0.2) is 0 Å². The predicted octanol–water partition coefficient (Wildman–Crippen LogP) is -0.390. The number of carboxylic acid groups (broad SMARTS) is 1. The van der Waals surface area contributed by atoms with Crippen LogP contribution in [0.15, 0.2) is 17.5 Å². The SMILES string of the molecule is COC(=O)C[C@H](NC(=O)CNC(=O)c1cccs1)C(=O)O. The summed E-state index contributed by atoms with van der Waals surface area (Å²) in [7, 11) is 1.12. The quantitative estimate of drug-likeness (QED) is 0.589. The van der Waals surface area contributed by atoms with E-state index < -0.39 is 36.2 Å². The molecule has 0 spiro atoms. The van der Waals surface area contributed by atoms with Gasteiger partial charge in [0.2, 0.25) is 5.91 Å². The minimum Gasteiger partial charge on any atom is -0.480 e. The molecule has 0 aliphatic carbocycles. The summed E-state index contributed by atoms with van der Waals surface area (Å²) in [6.07, 6.45) is -0.490. The van der Waals surface area contributed by atoms with Crippen LogP contribution in [0, 0.1) is 0 Å². The van der Waals surface area contributed by atoms with Crippen molar-refractivity contribution in [2.45, 2.75) is 12.5 Å². The first-order valence-electron chi connectivity index (χ1n) is 5.84. The third-order valence-corrected chi connectivity index (χ3v) is 3.25. The zero-order chi connectivity index (χ0) is 15.8. The van der Waals surface area contributed by atoms with Gasteiger partial charge in [0, 0.05) is 0 Å². The first-order valence-corrected chi connectivity index (χ1v) is 6.72. The molecular weight excluding hydrogens is 300 g/mol. The van der Waals surface area contributed by atoms with Crippen molar-refractivity contribution in [1.29, 1.82) is 0 Å². The monoisotopic (exact) mass is 314 g/mol. The maximum Gasteiger partial charge on any atom is 0.326 e. The number of hydrogen-bond acceptors (Lipinski definition) is 6. The van der Waals surface area contributed by atoms with E-state index in [1.807, 2.05) is 0 Å². The molecular formula is C12H14N2O6S. The number of carbonyl (C=O) groups is 4. The van der Waals surface area contributed by atoms with E-state index in [-0.39, 0.29) is 6.54 Å². The smallest absolute Gasteiger partial charge is 0.326 e. The number of carboxylic acids is 1. The summed E-state index contributed by atoms with van der Waals surface area (Å²) in [5.41, 5.74) is 0. The van der Waals surface area contributed by atoms with Crippen LogP contribution in [-0.4, -0.2) is 48.6 Å². The standard InChI is InChI=1S/C12H14N2O6S/c1-20-10(16)5-7(12(18)19)14-9(15)6-13-11(17)8-3-2-4-21-8/h2-4,7H,5-6H2,1H3,(H,13,17)(H,14,15)(H,18,19)/t7-/m0/s1. The van der Waals surface area contributed by atoms with Crippen molar-refractivity contribution in [3.8, 4) is 0 Å². The number of thiophene rings is 1. The molecule has 0 fully saturated rings. The molecule has 0 saturated carbocycles. The number of methoxy groups -OCH3 is 1. The van der Waals surface area contributed by atoms with Crippen LogP contribution in [0.1, 0.15) is 16.1 Å². The highest BCUT2D eigenvalue weighted by Gasteiger charge is 2.23. The van der Waals surface area contributed by atoms with Crippen LogP contribution in [0.25, 0.3) is 0 Å². The molecule has 21 heavy (non-hydrogen) atoms. The molecule has 1 aromatic rings. The molecule has 1 aromatic heterocycles. The summed E-state index contributed by atoms with van der Waals surface area (Å²) in [6, 6.07) is 1.88. The maximum atomic E-state index is 11.6. The number of aliphatic carboxylic acids is 1. The highest BCUT2D eigenvalue weighted by atomic mass is 32.1. The van der Waals surface area contributed by atoms with E-state index in [9.17, 15) is 19.2 Å². The van der Waals surface area contributed by atoms with Gasteiger partial charge in [0.05, 0.1) is 25.0 Å². The van der Waals surface area contributed by atoms with E-state index in [0.29, 0.717) is 4.88 Å². The average Bonchev–Trinajstić information content (AvgIpc) is 2.97. The van der Waals surface area contributed by atoms with Crippen molar-refractivity contribution in [3.05, 3.63) is 22.4 Å². The highest BCUT2D eigenvalue weighted by Crippen LogP contribution is 2.07. The minimum atomic E-state index is -1.40. The number of amides is 2. The first kappa shape index (κ1) is 16.6. The highest BCUT2D eigenvalue weighted by molar-refractivity contribution is 7.12. The van der Waals surface area contributed by atoms with Crippen LogP contribution < -0.4 is 10.6 Å². The number of rotatable bonds is 7. The second kappa shape index (κ2) is 8.00. The number of nitrogens with one attached hydrogen (secondary N) is 2. The molecule has 0 unspecified atom stereocenters. The van der Waals surface area contributed by atoms with Crippen molar-refractivity contribution in [1.82, 2.24) is 10.6 Å². The summed E-state index contributed by atoms with van der Waals surface area (Å²) in [5, 5.41) is 15.1. The lowest BCUT2D eigenvalue weighted by Crippen LogP contribution is -2.46. The fourth-order valence-electron chi connectivity index (χ4n) is 1.35. The van der Waals surface area contributed by atoms with Crippen LogP contribution in [0.5, 0.6) is 0 Å². The van der Waals surface area contributed by atoms with Gasteiger partial charge in [-0.15, -0.1) is 11.3 Å². The lowest BCUT2D eigenvalue weighted by molar-refractivity contribution is -0.148. The molecule has 1 atom stereocenters. The normalized spacial score (nSPS) is 11.3. The molecule has 0 aliphatic heterocycles. The molecule has 0 aromatic carbocycles. The Morgan fingerprint density at radius 3 is 2.62 bits per heavy atom. The van der Waals surface area contributed by atoms with Crippen LogP contribution in [-0.2, 0) is 19.1 Å². The summed E-state index contributed by atoms with van der Waals surface area (Å²) < 4.78 is 4.34. The summed E-state index contributed by atoms with van der Waals surface area (Å²) in [5.74, 6) is -3.26. The van der Waals surface area contributed by atoms with E-state index in [1.54, 1.807) is 17.5 Å². The average molecular weight is 314 g/mol. The second-order valence-corrected chi connectivity index (χ2v) is 4.85. The molecule has 0 bridgehead atoms. The van der Waals surface area contributed by atoms with Crippen molar-refractivity contribution in [2.24, 2.45) is 0 Å². The van der Waals surface area contributed by atoms with Gasteiger partial charge in [-0.05, 0) is 11.4 Å². The van der Waals surface area contributed by atoms with Crippen LogP contribution in [0.3, 0.4) is 0 Å². The van der Waals surface area contributed by atoms with Crippen molar-refractivity contribution in [2.75, 3.05) is 13.7 Å². The Morgan fingerprint density at radius 2 is 2.10 bits per heavy atom. The fourth-order valence-corrected chi connectivity index (χ4v) is 1.99. The largest absolute Gasteiger partial charge is 0.480 e. The van der Waals surface area contributed by atoms with Crippen molar-refractivity contribution < 1.29 is 29.0 Å². The summed E-state index contributed by atoms with van der Waals surface area (Å²) in [4.78, 5) is 45.5. The lowest BCUT2D eigenvalue weighted by atomic mass is 10.2. The Kier molecular flexibility index (Phi) is 6.34. The Hall–Kier alpha value is -2.42. The van der Waals surface area contributed by atoms with E-state index in [4.69, 9.17) is 5.11 Å². The van der Waals surface area contributed by atoms with Crippen molar-refractivity contribution in [3.63, 3.8) is 0 Å². The van der Waals surface area contributed by atoms with Crippen LogP contribution in [0.4, 0.5) is 0 Å². The Morgan fingerprint density at radius 1 is 1.38 bits per heavy atom. The number of hydrogen-bond donors (Lipinski definition) is 3. The molecule has 114 valence electrons. The van der Waals surface area contributed by atoms with Gasteiger partial charge < -0.3 is 20.5 Å². The van der Waals surface area contributed by atoms with Gasteiger partial charge >= 0.3 is 11.9 Å². The molecule has 0 radical (unpaired) electrons. The third kappa shape index (κ3) is 5.61. The molecule has 8 nitrogen and oxygen atoms in total. The van der Waals surface area contributed by atoms with Crippen LogP contribution in [0.2, 0.25) is 0 Å². The maximum absolute atomic E-state index is 11.6. The van der Waals surface area contributed by atoms with Crippen LogP contribution >= 0.6 is 11.3 Å². The molecule has 0 aliphatic rings. The molecule has 0 saturated heterocycles. The van der Waals surface area contributed by atoms with Gasteiger partial charge in [0.25, 0.3) is 5.91 Å². The van der Waals surface area contributed by atoms with Gasteiger partial charge in [0.1, 0.15) is 6.04 Å². The molecule has 9 heteroatoms. The van der Waals surface area contributed by atoms with E-state index in [1.165, 1.54) is 11.3 Å². The Balaban J connectivity index is 2.45. The number of ether oxygens (including phenoxy) is 1. The van der Waals surface area contributed by atoms with E-state index in [2.05, 4.69) is 15.4 Å². The summed E-state index contributed by atoms with van der Waals surface area (Å²) in [6.45, 7) is -0.387. The first-order chi connectivity index (χ1) is 9.93. The topological polar surface area (TPSA) is 122 Å². The second-order valence-electron chi connectivity index (χ2n) is 3.90. The minimum absolute atomic E-state index is 0.387. The third-order valence-electron chi connectivity index (χ3n) is 2.39. The zero-order valence-electron chi connectivity index (χ0n) is 11.1.